The second-order valence-corrected chi connectivity index (χ2v) is 7.03. The lowest BCUT2D eigenvalue weighted by molar-refractivity contribution is -0.592. The Morgan fingerprint density at radius 1 is 1.30 bits per heavy atom. The fraction of sp³-hybridized carbons (Fsp3) is 0.733. The van der Waals surface area contributed by atoms with Crippen LogP contribution in [0.1, 0.15) is 40.0 Å². The topological polar surface area (TPSA) is 127 Å². The zero-order chi connectivity index (χ0) is 20.0. The summed E-state index contributed by atoms with van der Waals surface area (Å²) in [6.45, 7) is 5.55. The molecule has 12 heteroatoms. The van der Waals surface area contributed by atoms with E-state index in [9.17, 15) is 19.6 Å². The van der Waals surface area contributed by atoms with Crippen LogP contribution in [0, 0.1) is 11.1 Å². The van der Waals surface area contributed by atoms with Crippen LogP contribution in [-0.2, 0) is 32.7 Å². The van der Waals surface area contributed by atoms with Gasteiger partial charge in [-0.25, -0.2) is 9.32 Å². The van der Waals surface area contributed by atoms with Crippen LogP contribution in [0.25, 0.3) is 0 Å². The third-order valence-corrected chi connectivity index (χ3v) is 5.51. The summed E-state index contributed by atoms with van der Waals surface area (Å²) < 4.78 is 22.1. The van der Waals surface area contributed by atoms with E-state index < -0.39 is 38.2 Å². The average molecular weight is 406 g/mol. The van der Waals surface area contributed by atoms with Crippen molar-refractivity contribution in [3.8, 4) is 0 Å². The molecule has 0 N–H and O–H groups in total. The van der Waals surface area contributed by atoms with Gasteiger partial charge in [-0.2, -0.15) is 4.74 Å². The van der Waals surface area contributed by atoms with Gasteiger partial charge in [-0.05, 0) is 13.8 Å². The quantitative estimate of drug-likeness (QED) is 0.185. The van der Waals surface area contributed by atoms with Crippen molar-refractivity contribution in [2.24, 2.45) is 5.92 Å². The summed E-state index contributed by atoms with van der Waals surface area (Å²) in [6, 6.07) is 0. The van der Waals surface area contributed by atoms with E-state index in [0.29, 0.717) is 23.0 Å². The summed E-state index contributed by atoms with van der Waals surface area (Å²) in [5, 5.41) is 12.6. The second kappa shape index (κ2) is 9.41. The van der Waals surface area contributed by atoms with Crippen molar-refractivity contribution in [1.82, 2.24) is 5.06 Å². The standard InChI is InChI=1S/C15H23N2O9P/c1-4-23-27(24-5-2)26-15(3)11(8-9-16(15)21)10-22-14(20)25-17-12(18)6-7-13(17)19/h9,11H,4-8,10H2,1-3H3/t11-,15+/m0/s1. The molecule has 2 atom stereocenters. The number of hydroxylamine groups is 3. The van der Waals surface area contributed by atoms with E-state index in [1.54, 1.807) is 20.8 Å². The second-order valence-electron chi connectivity index (χ2n) is 5.88. The number of imide groups is 1. The maximum Gasteiger partial charge on any atom is 0.533 e. The summed E-state index contributed by atoms with van der Waals surface area (Å²) in [4.78, 5) is 39.3. The minimum Gasteiger partial charge on any atom is -0.622 e. The predicted octanol–water partition coefficient (Wildman–Crippen LogP) is 1.84. The van der Waals surface area contributed by atoms with Gasteiger partial charge in [0.25, 0.3) is 17.5 Å². The molecule has 0 saturated carbocycles. The Bertz CT molecular complexity index is 592. The number of rotatable bonds is 9. The van der Waals surface area contributed by atoms with Crippen LogP contribution >= 0.6 is 8.60 Å². The highest BCUT2D eigenvalue weighted by Crippen LogP contribution is 2.47. The number of nitrogens with zero attached hydrogens (tertiary/aromatic N) is 2. The number of carbonyl (C=O) groups is 3. The third-order valence-electron chi connectivity index (χ3n) is 4.05. The number of hydrogen-bond donors (Lipinski definition) is 0. The van der Waals surface area contributed by atoms with Crippen molar-refractivity contribution in [3.63, 3.8) is 0 Å². The summed E-state index contributed by atoms with van der Waals surface area (Å²) in [5.41, 5.74) is -1.37. The van der Waals surface area contributed by atoms with E-state index in [4.69, 9.17) is 18.3 Å². The van der Waals surface area contributed by atoms with E-state index in [0.717, 1.165) is 0 Å². The van der Waals surface area contributed by atoms with E-state index in [1.165, 1.54) is 6.21 Å². The van der Waals surface area contributed by atoms with Crippen molar-refractivity contribution < 1.29 is 42.3 Å². The first-order valence-electron chi connectivity index (χ1n) is 8.57. The van der Waals surface area contributed by atoms with Crippen molar-refractivity contribution in [2.45, 2.75) is 45.8 Å². The minimum absolute atomic E-state index is 0.0147. The molecule has 11 nitrogen and oxygen atoms in total. The van der Waals surface area contributed by atoms with Crippen LogP contribution in [0.4, 0.5) is 4.79 Å². The van der Waals surface area contributed by atoms with E-state index in [2.05, 4.69) is 4.84 Å². The summed E-state index contributed by atoms with van der Waals surface area (Å²) in [6.07, 6.45) is 0.426. The Balaban J connectivity index is 1.93. The highest BCUT2D eigenvalue weighted by atomic mass is 31.2. The Kier molecular flexibility index (Phi) is 7.49. The van der Waals surface area contributed by atoms with E-state index in [-0.39, 0.29) is 25.9 Å². The maximum atomic E-state index is 12.2. The van der Waals surface area contributed by atoms with Gasteiger partial charge in [0, 0.05) is 26.2 Å². The molecule has 0 unspecified atom stereocenters. The predicted molar refractivity (Wildman–Crippen MR) is 91.0 cm³/mol. The molecular weight excluding hydrogens is 383 g/mol. The summed E-state index contributed by atoms with van der Waals surface area (Å²) >= 11 is 0. The number of amides is 2. The van der Waals surface area contributed by atoms with Gasteiger partial charge in [-0.15, -0.1) is 0 Å². The minimum atomic E-state index is -1.75. The largest absolute Gasteiger partial charge is 0.622 e. The molecule has 0 aliphatic carbocycles. The molecule has 152 valence electrons. The zero-order valence-electron chi connectivity index (χ0n) is 15.4. The van der Waals surface area contributed by atoms with Crippen molar-refractivity contribution >= 4 is 32.8 Å². The van der Waals surface area contributed by atoms with E-state index in [1.807, 2.05) is 0 Å². The third kappa shape index (κ3) is 5.13. The molecule has 27 heavy (non-hydrogen) atoms. The van der Waals surface area contributed by atoms with Crippen LogP contribution in [0.3, 0.4) is 0 Å². The molecule has 2 aliphatic heterocycles. The normalized spacial score (nSPS) is 25.3. The molecule has 1 fully saturated rings. The molecule has 2 rings (SSSR count). The van der Waals surface area contributed by atoms with Crippen LogP contribution in [0.15, 0.2) is 0 Å². The Morgan fingerprint density at radius 3 is 2.44 bits per heavy atom. The molecule has 0 aromatic rings. The zero-order valence-corrected chi connectivity index (χ0v) is 16.3. The molecule has 0 aromatic carbocycles. The molecule has 2 aliphatic rings. The number of ether oxygens (including phenoxy) is 1. The molecular formula is C15H23N2O9P. The molecule has 0 radical (unpaired) electrons. The monoisotopic (exact) mass is 406 g/mol. The smallest absolute Gasteiger partial charge is 0.533 e. The Morgan fingerprint density at radius 2 is 1.89 bits per heavy atom. The summed E-state index contributed by atoms with van der Waals surface area (Å²) in [7, 11) is -1.75. The van der Waals surface area contributed by atoms with Gasteiger partial charge < -0.3 is 19.0 Å². The molecule has 2 heterocycles. The fourth-order valence-electron chi connectivity index (χ4n) is 2.52. The van der Waals surface area contributed by atoms with Gasteiger partial charge in [0.2, 0.25) is 0 Å². The first-order valence-corrected chi connectivity index (χ1v) is 9.66. The van der Waals surface area contributed by atoms with Crippen molar-refractivity contribution in [3.05, 3.63) is 5.21 Å². The molecule has 2 amide bonds. The molecule has 1 saturated heterocycles. The SMILES string of the molecule is CCOP(OCC)O[C@]1(C)[C@H](COC(=O)ON2C(=O)CCC2=O)CC=[N+]1[O-]. The lowest BCUT2D eigenvalue weighted by Crippen LogP contribution is -2.43. The molecule has 0 aromatic heterocycles. The molecule has 0 spiro atoms. The van der Waals surface area contributed by atoms with Crippen LogP contribution in [0.2, 0.25) is 0 Å². The van der Waals surface area contributed by atoms with Crippen LogP contribution < -0.4 is 0 Å². The highest BCUT2D eigenvalue weighted by molar-refractivity contribution is 7.41. The van der Waals surface area contributed by atoms with Crippen molar-refractivity contribution in [1.29, 1.82) is 0 Å². The number of hydrogen-bond acceptors (Lipinski definition) is 9. The first-order chi connectivity index (χ1) is 12.8. The van der Waals surface area contributed by atoms with Gasteiger partial charge in [-0.1, -0.05) is 5.06 Å². The van der Waals surface area contributed by atoms with Gasteiger partial charge in [0.05, 0.1) is 19.1 Å². The van der Waals surface area contributed by atoms with Crippen LogP contribution in [0.5, 0.6) is 0 Å². The number of carbonyl (C=O) groups excluding carboxylic acids is 3. The summed E-state index contributed by atoms with van der Waals surface area (Å²) in [5.74, 6) is -1.74. The van der Waals surface area contributed by atoms with Gasteiger partial charge >= 0.3 is 14.8 Å². The van der Waals surface area contributed by atoms with Gasteiger partial charge in [-0.3, -0.25) is 14.4 Å². The lowest BCUT2D eigenvalue weighted by Gasteiger charge is -2.31. The van der Waals surface area contributed by atoms with Crippen LogP contribution in [-0.4, -0.2) is 59.5 Å². The Hall–Kier alpha value is -1.81. The Labute approximate surface area is 157 Å². The maximum absolute atomic E-state index is 12.2. The highest BCUT2D eigenvalue weighted by Gasteiger charge is 2.51. The molecule has 0 bridgehead atoms. The van der Waals surface area contributed by atoms with E-state index >= 15 is 0 Å². The first kappa shape index (κ1) is 21.5. The van der Waals surface area contributed by atoms with Crippen molar-refractivity contribution in [2.75, 3.05) is 19.8 Å². The average Bonchev–Trinajstić information content (AvgIpc) is 3.07. The lowest BCUT2D eigenvalue weighted by atomic mass is 9.99. The van der Waals surface area contributed by atoms with Gasteiger partial charge in [0.1, 0.15) is 6.61 Å². The van der Waals surface area contributed by atoms with Gasteiger partial charge in [0.15, 0.2) is 6.21 Å². The fourth-order valence-corrected chi connectivity index (χ4v) is 3.65.